The van der Waals surface area contributed by atoms with Gasteiger partial charge in [0.2, 0.25) is 5.91 Å². The monoisotopic (exact) mass is 318 g/mol. The van der Waals surface area contributed by atoms with Gasteiger partial charge in [-0.3, -0.25) is 19.6 Å². The van der Waals surface area contributed by atoms with Crippen molar-refractivity contribution in [1.82, 2.24) is 9.78 Å². The van der Waals surface area contributed by atoms with Gasteiger partial charge in [-0.1, -0.05) is 0 Å². The van der Waals surface area contributed by atoms with E-state index in [1.165, 1.54) is 12.1 Å². The van der Waals surface area contributed by atoms with Crippen molar-refractivity contribution in [3.05, 3.63) is 46.3 Å². The van der Waals surface area contributed by atoms with Gasteiger partial charge in [-0.05, 0) is 31.5 Å². The molecule has 0 saturated heterocycles. The number of carbonyl (C=O) groups excluding carboxylic acids is 1. The Kier molecular flexibility index (Phi) is 5.29. The second-order valence-electron chi connectivity index (χ2n) is 4.95. The van der Waals surface area contributed by atoms with Crippen LogP contribution in [0.3, 0.4) is 0 Å². The molecule has 0 unspecified atom stereocenters. The Balaban J connectivity index is 2.03. The van der Waals surface area contributed by atoms with Gasteiger partial charge in [-0.25, -0.2) is 0 Å². The number of ether oxygens (including phenoxy) is 1. The van der Waals surface area contributed by atoms with Crippen LogP contribution in [0.15, 0.2) is 30.6 Å². The fraction of sp³-hybridized carbons (Fsp3) is 0.333. The number of benzene rings is 1. The fourth-order valence-electron chi connectivity index (χ4n) is 2.04. The van der Waals surface area contributed by atoms with Crippen LogP contribution in [-0.4, -0.2) is 27.2 Å². The molecule has 0 atom stereocenters. The third kappa shape index (κ3) is 4.53. The molecule has 0 aliphatic carbocycles. The van der Waals surface area contributed by atoms with E-state index in [1.807, 2.05) is 13.1 Å². The summed E-state index contributed by atoms with van der Waals surface area (Å²) in [6.07, 6.45) is 3.70. The highest BCUT2D eigenvalue weighted by Crippen LogP contribution is 2.29. The van der Waals surface area contributed by atoms with Gasteiger partial charge < -0.3 is 10.1 Å². The molecule has 0 aliphatic rings. The molecule has 0 spiro atoms. The number of hydrogen-bond donors (Lipinski definition) is 1. The summed E-state index contributed by atoms with van der Waals surface area (Å²) in [5.41, 5.74) is 0.965. The van der Waals surface area contributed by atoms with E-state index < -0.39 is 4.92 Å². The van der Waals surface area contributed by atoms with Crippen molar-refractivity contribution in [2.24, 2.45) is 0 Å². The maximum absolute atomic E-state index is 12.0. The summed E-state index contributed by atoms with van der Waals surface area (Å²) < 4.78 is 6.89. The largest absolute Gasteiger partial charge is 0.494 e. The number of nitrogens with zero attached hydrogens (tertiary/aromatic N) is 3. The van der Waals surface area contributed by atoms with Crippen molar-refractivity contribution in [2.75, 3.05) is 11.9 Å². The number of nitro groups is 1. The zero-order chi connectivity index (χ0) is 16.8. The molecular weight excluding hydrogens is 300 g/mol. The average molecular weight is 318 g/mol. The van der Waals surface area contributed by atoms with E-state index >= 15 is 0 Å². The van der Waals surface area contributed by atoms with Gasteiger partial charge in [0.05, 0.1) is 23.8 Å². The van der Waals surface area contributed by atoms with Crippen molar-refractivity contribution in [2.45, 2.75) is 26.8 Å². The SMILES string of the molecule is CCOc1ccc(NC(=O)CCn2cc(C)cn2)c([N+](=O)[O-])c1. The van der Waals surface area contributed by atoms with Gasteiger partial charge in [-0.2, -0.15) is 5.10 Å². The first-order valence-electron chi connectivity index (χ1n) is 7.19. The maximum atomic E-state index is 12.0. The number of aromatic nitrogens is 2. The second-order valence-corrected chi connectivity index (χ2v) is 4.95. The molecule has 1 N–H and O–H groups in total. The van der Waals surface area contributed by atoms with Crippen LogP contribution in [0.2, 0.25) is 0 Å². The molecule has 0 fully saturated rings. The quantitative estimate of drug-likeness (QED) is 0.624. The summed E-state index contributed by atoms with van der Waals surface area (Å²) in [5.74, 6) is 0.0784. The number of hydrogen-bond acceptors (Lipinski definition) is 5. The first kappa shape index (κ1) is 16.5. The topological polar surface area (TPSA) is 99.3 Å². The van der Waals surface area contributed by atoms with Gasteiger partial charge >= 0.3 is 0 Å². The molecular formula is C15H18N4O4. The third-order valence-corrected chi connectivity index (χ3v) is 3.08. The molecule has 0 bridgehead atoms. The lowest BCUT2D eigenvalue weighted by Crippen LogP contribution is -2.15. The molecule has 1 aromatic heterocycles. The number of amides is 1. The molecule has 0 radical (unpaired) electrons. The number of anilines is 1. The molecule has 2 aromatic rings. The molecule has 23 heavy (non-hydrogen) atoms. The van der Waals surface area contributed by atoms with E-state index in [9.17, 15) is 14.9 Å². The van der Waals surface area contributed by atoms with E-state index in [4.69, 9.17) is 4.74 Å². The minimum atomic E-state index is -0.547. The van der Waals surface area contributed by atoms with Crippen LogP contribution in [-0.2, 0) is 11.3 Å². The Morgan fingerprint density at radius 3 is 2.87 bits per heavy atom. The predicted octanol–water partition coefficient (Wildman–Crippen LogP) is 2.53. The highest BCUT2D eigenvalue weighted by Gasteiger charge is 2.17. The number of carbonyl (C=O) groups is 1. The van der Waals surface area contributed by atoms with Crippen LogP contribution in [0.25, 0.3) is 0 Å². The van der Waals surface area contributed by atoms with E-state index in [2.05, 4.69) is 10.4 Å². The number of aryl methyl sites for hydroxylation is 2. The minimum absolute atomic E-state index is 0.153. The third-order valence-electron chi connectivity index (χ3n) is 3.08. The van der Waals surface area contributed by atoms with Crippen LogP contribution < -0.4 is 10.1 Å². The minimum Gasteiger partial charge on any atom is -0.494 e. The van der Waals surface area contributed by atoms with Crippen LogP contribution in [0.1, 0.15) is 18.9 Å². The summed E-state index contributed by atoms with van der Waals surface area (Å²) >= 11 is 0. The van der Waals surface area contributed by atoms with Crippen molar-refractivity contribution in [3.8, 4) is 5.75 Å². The Hall–Kier alpha value is -2.90. The summed E-state index contributed by atoms with van der Waals surface area (Å²) in [5, 5.41) is 17.8. The smallest absolute Gasteiger partial charge is 0.296 e. The molecule has 2 rings (SSSR count). The Labute approximate surface area is 133 Å². The molecule has 1 aromatic carbocycles. The first-order valence-corrected chi connectivity index (χ1v) is 7.19. The first-order chi connectivity index (χ1) is 11.0. The van der Waals surface area contributed by atoms with E-state index in [0.717, 1.165) is 5.56 Å². The predicted molar refractivity (Wildman–Crippen MR) is 84.5 cm³/mol. The van der Waals surface area contributed by atoms with E-state index in [-0.39, 0.29) is 23.7 Å². The highest BCUT2D eigenvalue weighted by molar-refractivity contribution is 5.93. The zero-order valence-corrected chi connectivity index (χ0v) is 13.0. The number of nitro benzene ring substituents is 1. The molecule has 122 valence electrons. The summed E-state index contributed by atoms with van der Waals surface area (Å²) in [4.78, 5) is 22.6. The Morgan fingerprint density at radius 1 is 1.48 bits per heavy atom. The van der Waals surface area contributed by atoms with Crippen molar-refractivity contribution < 1.29 is 14.5 Å². The zero-order valence-electron chi connectivity index (χ0n) is 13.0. The van der Waals surface area contributed by atoms with E-state index in [0.29, 0.717) is 18.9 Å². The fourth-order valence-corrected chi connectivity index (χ4v) is 2.04. The molecule has 8 heteroatoms. The Morgan fingerprint density at radius 2 is 2.26 bits per heavy atom. The van der Waals surface area contributed by atoms with Crippen molar-refractivity contribution >= 4 is 17.3 Å². The highest BCUT2D eigenvalue weighted by atomic mass is 16.6. The lowest BCUT2D eigenvalue weighted by molar-refractivity contribution is -0.384. The van der Waals surface area contributed by atoms with Crippen molar-refractivity contribution in [1.29, 1.82) is 0 Å². The van der Waals surface area contributed by atoms with Gasteiger partial charge in [0.25, 0.3) is 5.69 Å². The van der Waals surface area contributed by atoms with Crippen LogP contribution in [0, 0.1) is 17.0 Å². The van der Waals surface area contributed by atoms with Gasteiger partial charge in [0.1, 0.15) is 11.4 Å². The lowest BCUT2D eigenvalue weighted by Gasteiger charge is -2.08. The Bertz CT molecular complexity index is 711. The summed E-state index contributed by atoms with van der Waals surface area (Å²) in [6.45, 7) is 4.52. The number of nitrogens with one attached hydrogen (secondary N) is 1. The average Bonchev–Trinajstić information content (AvgIpc) is 2.92. The second kappa shape index (κ2) is 7.39. The van der Waals surface area contributed by atoms with Gasteiger partial charge in [0, 0.05) is 19.2 Å². The maximum Gasteiger partial charge on any atom is 0.296 e. The molecule has 1 amide bonds. The van der Waals surface area contributed by atoms with Crippen LogP contribution >= 0.6 is 0 Å². The van der Waals surface area contributed by atoms with Gasteiger partial charge in [0.15, 0.2) is 0 Å². The number of rotatable bonds is 7. The van der Waals surface area contributed by atoms with E-state index in [1.54, 1.807) is 23.9 Å². The molecule has 8 nitrogen and oxygen atoms in total. The lowest BCUT2D eigenvalue weighted by atomic mass is 10.2. The summed E-state index contributed by atoms with van der Waals surface area (Å²) in [6, 6.07) is 4.36. The normalized spacial score (nSPS) is 10.3. The van der Waals surface area contributed by atoms with Crippen LogP contribution in [0.5, 0.6) is 5.75 Å². The molecule has 1 heterocycles. The molecule has 0 aliphatic heterocycles. The summed E-state index contributed by atoms with van der Waals surface area (Å²) in [7, 11) is 0. The van der Waals surface area contributed by atoms with Crippen LogP contribution in [0.4, 0.5) is 11.4 Å². The van der Waals surface area contributed by atoms with Crippen molar-refractivity contribution in [3.63, 3.8) is 0 Å². The molecule has 0 saturated carbocycles. The van der Waals surface area contributed by atoms with Gasteiger partial charge in [-0.15, -0.1) is 0 Å². The standard InChI is InChI=1S/C15H18N4O4/c1-3-23-12-4-5-13(14(8-12)19(21)22)17-15(20)6-7-18-10-11(2)9-16-18/h4-5,8-10H,3,6-7H2,1-2H3,(H,17,20).